The maximum Gasteiger partial charge on any atom is 0.0627 e. The maximum atomic E-state index is 2.63. The number of fused-ring (bicyclic) bond motifs is 20. The molecule has 0 aliphatic heterocycles. The lowest BCUT2D eigenvalue weighted by Gasteiger charge is -2.13. The summed E-state index contributed by atoms with van der Waals surface area (Å²) in [6.07, 6.45) is 0. The first-order valence-electron chi connectivity index (χ1n) is 24.1. The third kappa shape index (κ3) is 4.72. The van der Waals surface area contributed by atoms with Crippen LogP contribution in [0, 0.1) is 0 Å². The summed E-state index contributed by atoms with van der Waals surface area (Å²) in [5.74, 6) is 0. The van der Waals surface area contributed by atoms with Crippen molar-refractivity contribution in [1.29, 1.82) is 0 Å². The SMILES string of the molecule is c1ccc(-c2ccccc2-c2ccc3c4c5c(ccc4n4c6cc7c8c(-c9ccccc9-c9ccccc9)ccc9c%10c%11c(ccc%10n(c7cc6c2c34)c98)sc2ccccc2%11)sc2ccccc25)cc1. The van der Waals surface area contributed by atoms with Crippen LogP contribution < -0.4 is 0 Å². The van der Waals surface area contributed by atoms with E-state index in [2.05, 4.69) is 227 Å². The van der Waals surface area contributed by atoms with Gasteiger partial charge in [0.1, 0.15) is 0 Å². The second-order valence-corrected chi connectivity index (χ2v) is 21.2. The van der Waals surface area contributed by atoms with Crippen LogP contribution in [0.5, 0.6) is 0 Å². The van der Waals surface area contributed by atoms with E-state index in [0.29, 0.717) is 0 Å². The first-order valence-corrected chi connectivity index (χ1v) is 25.7. The van der Waals surface area contributed by atoms with Crippen LogP contribution in [0.15, 0.2) is 218 Å². The quantitative estimate of drug-likeness (QED) is 0.166. The fourth-order valence-electron chi connectivity index (χ4n) is 12.8. The summed E-state index contributed by atoms with van der Waals surface area (Å²) < 4.78 is 10.6. The average molecular weight is 921 g/mol. The Kier molecular flexibility index (Phi) is 7.26. The molecule has 6 heterocycles. The van der Waals surface area contributed by atoms with Crippen LogP contribution in [0.4, 0.5) is 0 Å². The molecule has 0 aliphatic rings. The standard InChI is InChI=1S/C66H36N2S2/c1-3-15-37(16-4-1)39-19-7-9-21-41(39)43-27-29-47-61-51(31-33-57-63(61)45-23-11-13-25-55(45)69-57)67-53-36-50-54(35-49(53)59(43)65(47)67)68-52-32-34-58-64(46-24-12-14-26-56(46)70-58)62(52)48-30-28-44(60(50)66(48)68)42-22-10-8-20-40(42)38-17-5-2-6-18-38/h1-36H. The van der Waals surface area contributed by atoms with Crippen molar-refractivity contribution in [2.24, 2.45) is 0 Å². The normalized spacial score (nSPS) is 12.6. The summed E-state index contributed by atoms with van der Waals surface area (Å²) in [6.45, 7) is 0. The maximum absolute atomic E-state index is 2.63. The van der Waals surface area contributed by atoms with Gasteiger partial charge in [0.15, 0.2) is 0 Å². The van der Waals surface area contributed by atoms with Gasteiger partial charge in [0, 0.05) is 83.4 Å². The zero-order valence-electron chi connectivity index (χ0n) is 37.5. The minimum atomic E-state index is 1.22. The second kappa shape index (κ2) is 13.6. The van der Waals surface area contributed by atoms with E-state index in [9.17, 15) is 0 Å². The van der Waals surface area contributed by atoms with Gasteiger partial charge in [0.25, 0.3) is 0 Å². The van der Waals surface area contributed by atoms with Crippen molar-refractivity contribution in [3.8, 4) is 44.5 Å². The summed E-state index contributed by atoms with van der Waals surface area (Å²) in [5.41, 5.74) is 17.4. The van der Waals surface area contributed by atoms with Gasteiger partial charge in [-0.15, -0.1) is 22.7 Å². The van der Waals surface area contributed by atoms with Gasteiger partial charge in [-0.3, -0.25) is 0 Å². The highest BCUT2D eigenvalue weighted by molar-refractivity contribution is 7.26. The van der Waals surface area contributed by atoms with Gasteiger partial charge in [-0.05, 0) is 93.0 Å². The molecule has 4 heteroatoms. The lowest BCUT2D eigenvalue weighted by atomic mass is 9.90. The van der Waals surface area contributed by atoms with Crippen molar-refractivity contribution < 1.29 is 0 Å². The largest absolute Gasteiger partial charge is 0.308 e. The first kappa shape index (κ1) is 37.4. The van der Waals surface area contributed by atoms with Crippen LogP contribution in [-0.4, -0.2) is 8.80 Å². The molecule has 0 N–H and O–H groups in total. The topological polar surface area (TPSA) is 8.82 Å². The van der Waals surface area contributed by atoms with Gasteiger partial charge in [-0.25, -0.2) is 0 Å². The van der Waals surface area contributed by atoms with Crippen molar-refractivity contribution in [1.82, 2.24) is 8.80 Å². The molecular weight excluding hydrogens is 885 g/mol. The molecule has 2 nitrogen and oxygen atoms in total. The van der Waals surface area contributed by atoms with Crippen LogP contribution in [0.1, 0.15) is 0 Å². The summed E-state index contributed by atoms with van der Waals surface area (Å²) in [5, 5.41) is 15.8. The molecule has 0 unspecified atom stereocenters. The molecule has 0 atom stereocenters. The van der Waals surface area contributed by atoms with E-state index < -0.39 is 0 Å². The molecule has 0 fully saturated rings. The number of aromatic nitrogens is 2. The van der Waals surface area contributed by atoms with Crippen LogP contribution in [0.25, 0.3) is 161 Å². The summed E-state index contributed by atoms with van der Waals surface area (Å²) >= 11 is 3.80. The number of rotatable bonds is 4. The van der Waals surface area contributed by atoms with E-state index in [1.807, 2.05) is 22.7 Å². The van der Waals surface area contributed by atoms with E-state index in [4.69, 9.17) is 0 Å². The summed E-state index contributed by atoms with van der Waals surface area (Å²) in [6, 6.07) is 82.1. The highest BCUT2D eigenvalue weighted by Gasteiger charge is 2.28. The van der Waals surface area contributed by atoms with Crippen molar-refractivity contribution >= 4 is 139 Å². The van der Waals surface area contributed by atoms with Gasteiger partial charge >= 0.3 is 0 Å². The molecule has 17 rings (SSSR count). The van der Waals surface area contributed by atoms with E-state index >= 15 is 0 Å². The lowest BCUT2D eigenvalue weighted by molar-refractivity contribution is 1.36. The van der Waals surface area contributed by atoms with Gasteiger partial charge in [-0.2, -0.15) is 0 Å². The smallest absolute Gasteiger partial charge is 0.0627 e. The van der Waals surface area contributed by atoms with E-state index in [0.717, 1.165) is 0 Å². The third-order valence-corrected chi connectivity index (χ3v) is 17.9. The minimum absolute atomic E-state index is 1.22. The predicted octanol–water partition coefficient (Wildman–Crippen LogP) is 19.4. The van der Waals surface area contributed by atoms with Gasteiger partial charge in [-0.1, -0.05) is 170 Å². The van der Waals surface area contributed by atoms with Crippen molar-refractivity contribution in [3.05, 3.63) is 218 Å². The Bertz CT molecular complexity index is 4730. The molecule has 0 amide bonds. The Balaban J connectivity index is 1.10. The van der Waals surface area contributed by atoms with Crippen molar-refractivity contribution in [3.63, 3.8) is 0 Å². The number of benzene rings is 11. The van der Waals surface area contributed by atoms with E-state index in [1.54, 1.807) is 0 Å². The first-order chi connectivity index (χ1) is 34.8. The molecule has 17 aromatic rings. The zero-order valence-corrected chi connectivity index (χ0v) is 39.1. The van der Waals surface area contributed by atoms with E-state index in [1.165, 1.54) is 161 Å². The number of hydrogen-bond donors (Lipinski definition) is 0. The Hall–Kier alpha value is -8.54. The molecule has 0 radical (unpaired) electrons. The predicted molar refractivity (Wildman–Crippen MR) is 303 cm³/mol. The minimum Gasteiger partial charge on any atom is -0.308 e. The fraction of sp³-hybridized carbons (Fsp3) is 0. The molecule has 322 valence electrons. The van der Waals surface area contributed by atoms with Crippen LogP contribution in [0.2, 0.25) is 0 Å². The molecule has 70 heavy (non-hydrogen) atoms. The Morgan fingerprint density at radius 3 is 1.09 bits per heavy atom. The molecule has 6 aromatic heterocycles. The second-order valence-electron chi connectivity index (χ2n) is 19.0. The fourth-order valence-corrected chi connectivity index (χ4v) is 15.1. The van der Waals surface area contributed by atoms with Gasteiger partial charge < -0.3 is 8.80 Å². The molecule has 0 spiro atoms. The monoisotopic (exact) mass is 920 g/mol. The zero-order chi connectivity index (χ0) is 45.3. The van der Waals surface area contributed by atoms with Gasteiger partial charge in [0.2, 0.25) is 0 Å². The van der Waals surface area contributed by atoms with Crippen LogP contribution in [0.3, 0.4) is 0 Å². The Morgan fingerprint density at radius 2 is 0.629 bits per heavy atom. The van der Waals surface area contributed by atoms with Crippen molar-refractivity contribution in [2.75, 3.05) is 0 Å². The third-order valence-electron chi connectivity index (χ3n) is 15.6. The number of nitrogens with zero attached hydrogens (tertiary/aromatic N) is 2. The molecular formula is C66H36N2S2. The molecule has 0 aliphatic carbocycles. The summed E-state index contributed by atoms with van der Waals surface area (Å²) in [7, 11) is 0. The average Bonchev–Trinajstić information content (AvgIpc) is 4.27. The molecule has 11 aromatic carbocycles. The number of thiophene rings is 2. The lowest BCUT2D eigenvalue weighted by Crippen LogP contribution is -1.87. The van der Waals surface area contributed by atoms with E-state index in [-0.39, 0.29) is 0 Å². The molecule has 0 saturated heterocycles. The highest BCUT2D eigenvalue weighted by Crippen LogP contribution is 2.53. The Labute approximate surface area is 408 Å². The van der Waals surface area contributed by atoms with Gasteiger partial charge in [0.05, 0.1) is 33.1 Å². The number of hydrogen-bond acceptors (Lipinski definition) is 2. The molecule has 0 saturated carbocycles. The van der Waals surface area contributed by atoms with Crippen molar-refractivity contribution in [2.45, 2.75) is 0 Å². The molecule has 0 bridgehead atoms. The van der Waals surface area contributed by atoms with Crippen LogP contribution in [-0.2, 0) is 0 Å². The summed E-state index contributed by atoms with van der Waals surface area (Å²) in [4.78, 5) is 0. The highest BCUT2D eigenvalue weighted by atomic mass is 32.1. The Morgan fingerprint density at radius 1 is 0.229 bits per heavy atom. The van der Waals surface area contributed by atoms with Crippen LogP contribution >= 0.6 is 22.7 Å².